The number of phenols is 2. The fourth-order valence-electron chi connectivity index (χ4n) is 3.42. The molecule has 2 aliphatic heterocycles. The van der Waals surface area contributed by atoms with Gasteiger partial charge < -0.3 is 24.8 Å². The van der Waals surface area contributed by atoms with Gasteiger partial charge in [-0.05, 0) is 43.2 Å². The number of hydrogen-bond acceptors (Lipinski definition) is 5. The van der Waals surface area contributed by atoms with Crippen LogP contribution < -0.4 is 9.47 Å². The second kappa shape index (κ2) is 5.70. The van der Waals surface area contributed by atoms with Gasteiger partial charge in [0.05, 0.1) is 18.8 Å². The number of rotatable bonds is 2. The Balaban J connectivity index is 1.66. The second-order valence-electron chi connectivity index (χ2n) is 6.83. The molecule has 0 bridgehead atoms. The smallest absolute Gasteiger partial charge is 0.148 e. The van der Waals surface area contributed by atoms with Crippen molar-refractivity contribution in [1.82, 2.24) is 0 Å². The van der Waals surface area contributed by atoms with Gasteiger partial charge in [0.25, 0.3) is 0 Å². The molecule has 2 unspecified atom stereocenters. The van der Waals surface area contributed by atoms with Crippen molar-refractivity contribution in [2.24, 2.45) is 0 Å². The fourth-order valence-corrected chi connectivity index (χ4v) is 3.42. The van der Waals surface area contributed by atoms with E-state index in [-0.39, 0.29) is 24.0 Å². The van der Waals surface area contributed by atoms with E-state index in [4.69, 9.17) is 9.47 Å². The van der Waals surface area contributed by atoms with Gasteiger partial charge in [0, 0.05) is 17.5 Å². The molecular formula is C20H20O5. The van der Waals surface area contributed by atoms with Crippen LogP contribution in [0.4, 0.5) is 0 Å². The van der Waals surface area contributed by atoms with E-state index >= 15 is 0 Å². The number of ether oxygens (including phenoxy) is 2. The van der Waals surface area contributed by atoms with Crippen LogP contribution in [0.1, 0.15) is 29.5 Å². The zero-order valence-electron chi connectivity index (χ0n) is 13.9. The molecule has 0 radical (unpaired) electrons. The maximum absolute atomic E-state index is 10.1. The van der Waals surface area contributed by atoms with Gasteiger partial charge >= 0.3 is 0 Å². The lowest BCUT2D eigenvalue weighted by Crippen LogP contribution is -2.36. The third-order valence-corrected chi connectivity index (χ3v) is 4.85. The van der Waals surface area contributed by atoms with Gasteiger partial charge in [0.2, 0.25) is 0 Å². The lowest BCUT2D eigenvalue weighted by Gasteiger charge is -2.33. The molecule has 5 nitrogen and oxygen atoms in total. The van der Waals surface area contributed by atoms with E-state index in [1.54, 1.807) is 12.1 Å². The Kier molecular flexibility index (Phi) is 3.62. The van der Waals surface area contributed by atoms with E-state index in [1.807, 2.05) is 31.2 Å². The molecule has 0 amide bonds. The zero-order valence-corrected chi connectivity index (χ0v) is 13.9. The zero-order chi connectivity index (χ0) is 17.6. The maximum atomic E-state index is 10.1. The van der Waals surface area contributed by atoms with E-state index in [2.05, 4.69) is 0 Å². The van der Waals surface area contributed by atoms with Crippen molar-refractivity contribution in [3.05, 3.63) is 53.1 Å². The summed E-state index contributed by atoms with van der Waals surface area (Å²) in [6.07, 6.45) is 4.51. The molecule has 2 aliphatic rings. The SMILES string of the molecule is CC1(CO)C=Cc2c(ccc3c2OCC(c2ccc(O)cc2O)C3)O1. The minimum Gasteiger partial charge on any atom is -0.508 e. The Morgan fingerprint density at radius 1 is 1.20 bits per heavy atom. The Hall–Kier alpha value is -2.66. The summed E-state index contributed by atoms with van der Waals surface area (Å²) in [7, 11) is 0. The summed E-state index contributed by atoms with van der Waals surface area (Å²) in [6.45, 7) is 2.17. The molecule has 0 aromatic heterocycles. The van der Waals surface area contributed by atoms with E-state index in [0.717, 1.165) is 28.9 Å². The molecule has 2 heterocycles. The largest absolute Gasteiger partial charge is 0.508 e. The average molecular weight is 340 g/mol. The molecule has 0 spiro atoms. The van der Waals surface area contributed by atoms with Gasteiger partial charge in [0.1, 0.15) is 28.6 Å². The highest BCUT2D eigenvalue weighted by Gasteiger charge is 2.31. The Bertz CT molecular complexity index is 857. The lowest BCUT2D eigenvalue weighted by molar-refractivity contribution is 0.0635. The lowest BCUT2D eigenvalue weighted by atomic mass is 9.88. The van der Waals surface area contributed by atoms with Crippen molar-refractivity contribution in [2.75, 3.05) is 13.2 Å². The third kappa shape index (κ3) is 2.70. The molecule has 2 atom stereocenters. The monoisotopic (exact) mass is 340 g/mol. The summed E-state index contributed by atoms with van der Waals surface area (Å²) in [4.78, 5) is 0. The van der Waals surface area contributed by atoms with Crippen LogP contribution in [-0.4, -0.2) is 34.1 Å². The molecule has 0 fully saturated rings. The molecule has 130 valence electrons. The van der Waals surface area contributed by atoms with Crippen LogP contribution in [-0.2, 0) is 6.42 Å². The molecule has 3 N–H and O–H groups in total. The third-order valence-electron chi connectivity index (χ3n) is 4.85. The molecule has 25 heavy (non-hydrogen) atoms. The van der Waals surface area contributed by atoms with Gasteiger partial charge in [-0.1, -0.05) is 12.1 Å². The fraction of sp³-hybridized carbons (Fsp3) is 0.300. The van der Waals surface area contributed by atoms with Crippen LogP contribution in [0.15, 0.2) is 36.4 Å². The van der Waals surface area contributed by atoms with E-state index in [9.17, 15) is 15.3 Å². The number of hydrogen-bond donors (Lipinski definition) is 3. The summed E-state index contributed by atoms with van der Waals surface area (Å²) < 4.78 is 11.9. The van der Waals surface area contributed by atoms with E-state index in [1.165, 1.54) is 6.07 Å². The topological polar surface area (TPSA) is 79.2 Å². The normalized spacial score (nSPS) is 24.0. The summed E-state index contributed by atoms with van der Waals surface area (Å²) >= 11 is 0. The number of fused-ring (bicyclic) bond motifs is 3. The van der Waals surface area contributed by atoms with Crippen LogP contribution in [0.3, 0.4) is 0 Å². The van der Waals surface area contributed by atoms with Gasteiger partial charge in [-0.15, -0.1) is 0 Å². The molecule has 5 heteroatoms. The average Bonchev–Trinajstić information content (AvgIpc) is 2.61. The number of aliphatic hydroxyl groups excluding tert-OH is 1. The molecule has 4 rings (SSSR count). The summed E-state index contributed by atoms with van der Waals surface area (Å²) in [5.41, 5.74) is 1.98. The molecule has 2 aromatic carbocycles. The number of phenolic OH excluding ortho intramolecular Hbond substituents is 2. The highest BCUT2D eigenvalue weighted by atomic mass is 16.5. The second-order valence-corrected chi connectivity index (χ2v) is 6.83. The van der Waals surface area contributed by atoms with Gasteiger partial charge in [-0.3, -0.25) is 0 Å². The van der Waals surface area contributed by atoms with Crippen molar-refractivity contribution >= 4 is 6.08 Å². The van der Waals surface area contributed by atoms with Gasteiger partial charge in [-0.25, -0.2) is 0 Å². The first-order chi connectivity index (χ1) is 12.0. The molecule has 2 aromatic rings. The maximum Gasteiger partial charge on any atom is 0.148 e. The number of benzene rings is 2. The number of aliphatic hydroxyl groups is 1. The summed E-state index contributed by atoms with van der Waals surface area (Å²) in [6, 6.07) is 8.52. The van der Waals surface area contributed by atoms with Crippen LogP contribution in [0.25, 0.3) is 6.08 Å². The first kappa shape index (κ1) is 15.8. The van der Waals surface area contributed by atoms with Crippen molar-refractivity contribution in [3.8, 4) is 23.0 Å². The highest BCUT2D eigenvalue weighted by molar-refractivity contribution is 5.69. The first-order valence-corrected chi connectivity index (χ1v) is 8.29. The molecule has 0 aliphatic carbocycles. The summed E-state index contributed by atoms with van der Waals surface area (Å²) in [5, 5.41) is 29.0. The minimum atomic E-state index is -0.712. The van der Waals surface area contributed by atoms with Crippen LogP contribution in [0.2, 0.25) is 0 Å². The van der Waals surface area contributed by atoms with Crippen LogP contribution in [0, 0.1) is 0 Å². The molecule has 0 saturated carbocycles. The number of aromatic hydroxyl groups is 2. The Morgan fingerprint density at radius 2 is 2.04 bits per heavy atom. The van der Waals surface area contributed by atoms with Gasteiger partial charge in [0.15, 0.2) is 0 Å². The predicted octanol–water partition coefficient (Wildman–Crippen LogP) is 2.97. The first-order valence-electron chi connectivity index (χ1n) is 8.29. The predicted molar refractivity (Wildman–Crippen MR) is 93.3 cm³/mol. The van der Waals surface area contributed by atoms with Gasteiger partial charge in [-0.2, -0.15) is 0 Å². The van der Waals surface area contributed by atoms with Crippen molar-refractivity contribution in [1.29, 1.82) is 0 Å². The van der Waals surface area contributed by atoms with Crippen LogP contribution in [0.5, 0.6) is 23.0 Å². The highest BCUT2D eigenvalue weighted by Crippen LogP contribution is 2.44. The van der Waals surface area contributed by atoms with E-state index in [0.29, 0.717) is 12.4 Å². The Labute approximate surface area is 145 Å². The minimum absolute atomic E-state index is 0.0161. The van der Waals surface area contributed by atoms with Crippen molar-refractivity contribution in [3.63, 3.8) is 0 Å². The molecule has 0 saturated heterocycles. The van der Waals surface area contributed by atoms with Crippen molar-refractivity contribution < 1.29 is 24.8 Å². The van der Waals surface area contributed by atoms with Crippen LogP contribution >= 0.6 is 0 Å². The van der Waals surface area contributed by atoms with Crippen molar-refractivity contribution in [2.45, 2.75) is 24.9 Å². The molecular weight excluding hydrogens is 320 g/mol. The summed E-state index contributed by atoms with van der Waals surface area (Å²) in [5.74, 6) is 1.63. The standard InChI is InChI=1S/C20H20O5/c1-20(11-21)7-6-16-18(25-20)5-2-12-8-13(10-24-19(12)16)15-4-3-14(22)9-17(15)23/h2-7,9,13,21-23H,8,10-11H2,1H3. The van der Waals surface area contributed by atoms with E-state index < -0.39 is 5.60 Å². The Morgan fingerprint density at radius 3 is 2.80 bits per heavy atom. The quantitative estimate of drug-likeness (QED) is 0.783.